The molecule has 1 amide bonds. The normalized spacial score (nSPS) is 18.3. The van der Waals surface area contributed by atoms with E-state index < -0.39 is 0 Å². The van der Waals surface area contributed by atoms with Crippen LogP contribution in [0.3, 0.4) is 0 Å². The van der Waals surface area contributed by atoms with Crippen molar-refractivity contribution in [2.24, 2.45) is 0 Å². The molecule has 1 aromatic heterocycles. The standard InChI is InChI=1S/C16H18FN3OS/c1-18-16-19-13(10-22-16)15(21)20-8-3-2-7-14(20)11-5-4-6-12(17)9-11/h4-6,9-10,14H,2-3,7-8H2,1H3,(H,18,19)/t14-/m0/s1. The molecule has 1 saturated heterocycles. The van der Waals surface area contributed by atoms with Gasteiger partial charge in [0.1, 0.15) is 11.5 Å². The lowest BCUT2D eigenvalue weighted by Gasteiger charge is -2.35. The summed E-state index contributed by atoms with van der Waals surface area (Å²) in [5.74, 6) is -0.340. The second-order valence-corrected chi connectivity index (χ2v) is 6.21. The Bertz CT molecular complexity index is 673. The van der Waals surface area contributed by atoms with Crippen LogP contribution in [0.1, 0.15) is 41.4 Å². The summed E-state index contributed by atoms with van der Waals surface area (Å²) in [6.07, 6.45) is 2.88. The third kappa shape index (κ3) is 2.97. The molecule has 4 nitrogen and oxygen atoms in total. The Balaban J connectivity index is 1.87. The minimum absolute atomic E-state index is 0.0725. The number of rotatable bonds is 3. The molecule has 1 aliphatic rings. The van der Waals surface area contributed by atoms with E-state index in [0.717, 1.165) is 30.0 Å². The van der Waals surface area contributed by atoms with Gasteiger partial charge in [0.15, 0.2) is 5.13 Å². The van der Waals surface area contributed by atoms with E-state index in [1.807, 2.05) is 11.0 Å². The molecule has 1 atom stereocenters. The van der Waals surface area contributed by atoms with Gasteiger partial charge in [-0.1, -0.05) is 12.1 Å². The van der Waals surface area contributed by atoms with E-state index in [0.29, 0.717) is 12.2 Å². The van der Waals surface area contributed by atoms with Crippen LogP contribution in [0.15, 0.2) is 29.6 Å². The Kier molecular flexibility index (Phi) is 4.38. The third-order valence-corrected chi connectivity index (χ3v) is 4.79. The van der Waals surface area contributed by atoms with Crippen molar-refractivity contribution < 1.29 is 9.18 Å². The molecule has 3 rings (SSSR count). The van der Waals surface area contributed by atoms with Crippen molar-refractivity contribution >= 4 is 22.4 Å². The highest BCUT2D eigenvalue weighted by atomic mass is 32.1. The molecule has 0 unspecified atom stereocenters. The number of aromatic nitrogens is 1. The first kappa shape index (κ1) is 15.0. The molecule has 1 aromatic carbocycles. The molecule has 22 heavy (non-hydrogen) atoms. The van der Waals surface area contributed by atoms with Crippen LogP contribution < -0.4 is 5.32 Å². The fraction of sp³-hybridized carbons (Fsp3) is 0.375. The number of amides is 1. The van der Waals surface area contributed by atoms with Crippen molar-refractivity contribution in [3.05, 3.63) is 46.7 Å². The Labute approximate surface area is 133 Å². The predicted molar refractivity (Wildman–Crippen MR) is 85.7 cm³/mol. The van der Waals surface area contributed by atoms with Gasteiger partial charge in [-0.05, 0) is 37.0 Å². The lowest BCUT2D eigenvalue weighted by Crippen LogP contribution is -2.38. The molecule has 0 saturated carbocycles. The first-order valence-electron chi connectivity index (χ1n) is 7.39. The Morgan fingerprint density at radius 1 is 1.45 bits per heavy atom. The molecule has 2 heterocycles. The van der Waals surface area contributed by atoms with Crippen molar-refractivity contribution in [3.8, 4) is 0 Å². The van der Waals surface area contributed by atoms with E-state index in [4.69, 9.17) is 0 Å². The zero-order valence-electron chi connectivity index (χ0n) is 12.4. The van der Waals surface area contributed by atoms with Gasteiger partial charge in [0, 0.05) is 19.0 Å². The summed E-state index contributed by atoms with van der Waals surface area (Å²) in [6, 6.07) is 6.47. The topological polar surface area (TPSA) is 45.2 Å². The summed E-state index contributed by atoms with van der Waals surface area (Å²) >= 11 is 1.41. The first-order chi connectivity index (χ1) is 10.7. The number of hydrogen-bond acceptors (Lipinski definition) is 4. The van der Waals surface area contributed by atoms with Gasteiger partial charge in [0.25, 0.3) is 5.91 Å². The second-order valence-electron chi connectivity index (χ2n) is 5.35. The Morgan fingerprint density at radius 2 is 2.32 bits per heavy atom. The van der Waals surface area contributed by atoms with Crippen LogP contribution >= 0.6 is 11.3 Å². The number of carbonyl (C=O) groups excluding carboxylic acids is 1. The van der Waals surface area contributed by atoms with Crippen LogP contribution in [-0.4, -0.2) is 29.4 Å². The van der Waals surface area contributed by atoms with E-state index in [1.165, 1.54) is 23.5 Å². The highest BCUT2D eigenvalue weighted by Gasteiger charge is 2.30. The fourth-order valence-corrected chi connectivity index (χ4v) is 3.51. The van der Waals surface area contributed by atoms with Crippen molar-refractivity contribution in [2.75, 3.05) is 18.9 Å². The smallest absolute Gasteiger partial charge is 0.273 e. The summed E-state index contributed by atoms with van der Waals surface area (Å²) in [6.45, 7) is 0.687. The monoisotopic (exact) mass is 319 g/mol. The summed E-state index contributed by atoms with van der Waals surface area (Å²) in [7, 11) is 1.78. The van der Waals surface area contributed by atoms with Gasteiger partial charge >= 0.3 is 0 Å². The van der Waals surface area contributed by atoms with Crippen LogP contribution in [0.5, 0.6) is 0 Å². The van der Waals surface area contributed by atoms with E-state index >= 15 is 0 Å². The van der Waals surface area contributed by atoms with Crippen LogP contribution in [0, 0.1) is 5.82 Å². The number of benzene rings is 1. The van der Waals surface area contributed by atoms with Crippen LogP contribution in [0.4, 0.5) is 9.52 Å². The van der Waals surface area contributed by atoms with Gasteiger partial charge in [0.2, 0.25) is 0 Å². The molecule has 116 valence electrons. The van der Waals surface area contributed by atoms with E-state index in [2.05, 4.69) is 10.3 Å². The summed E-state index contributed by atoms with van der Waals surface area (Å²) in [5.41, 5.74) is 1.31. The van der Waals surface area contributed by atoms with E-state index in [1.54, 1.807) is 18.5 Å². The van der Waals surface area contributed by atoms with Crippen molar-refractivity contribution in [1.82, 2.24) is 9.88 Å². The molecule has 6 heteroatoms. The lowest BCUT2D eigenvalue weighted by molar-refractivity contribution is 0.0606. The summed E-state index contributed by atoms with van der Waals surface area (Å²) in [4.78, 5) is 18.9. The minimum atomic E-state index is -0.262. The molecule has 0 bridgehead atoms. The Hall–Kier alpha value is -1.95. The van der Waals surface area contributed by atoms with Gasteiger partial charge in [0.05, 0.1) is 6.04 Å². The largest absolute Gasteiger partial charge is 0.365 e. The maximum atomic E-state index is 13.5. The van der Waals surface area contributed by atoms with Gasteiger partial charge < -0.3 is 10.2 Å². The SMILES string of the molecule is CNc1nc(C(=O)N2CCCC[C@H]2c2cccc(F)c2)cs1. The summed E-state index contributed by atoms with van der Waals surface area (Å²) in [5, 5.41) is 5.44. The van der Waals surface area contributed by atoms with E-state index in [-0.39, 0.29) is 17.8 Å². The molecule has 0 aliphatic carbocycles. The van der Waals surface area contributed by atoms with Crippen molar-refractivity contribution in [1.29, 1.82) is 0 Å². The van der Waals surface area contributed by atoms with E-state index in [9.17, 15) is 9.18 Å². The van der Waals surface area contributed by atoms with Crippen molar-refractivity contribution in [2.45, 2.75) is 25.3 Å². The first-order valence-corrected chi connectivity index (χ1v) is 8.26. The van der Waals surface area contributed by atoms with Crippen LogP contribution in [0.2, 0.25) is 0 Å². The molecular formula is C16H18FN3OS. The van der Waals surface area contributed by atoms with Gasteiger partial charge in [-0.15, -0.1) is 11.3 Å². The number of likely N-dealkylation sites (tertiary alicyclic amines) is 1. The number of carbonyl (C=O) groups is 1. The molecule has 1 aliphatic heterocycles. The lowest BCUT2D eigenvalue weighted by atomic mass is 9.95. The zero-order chi connectivity index (χ0) is 15.5. The zero-order valence-corrected chi connectivity index (χ0v) is 13.2. The highest BCUT2D eigenvalue weighted by Crippen LogP contribution is 2.32. The molecule has 1 fully saturated rings. The molecule has 0 radical (unpaired) electrons. The average Bonchev–Trinajstić information content (AvgIpc) is 3.03. The maximum absolute atomic E-state index is 13.5. The number of thiazole rings is 1. The number of nitrogens with zero attached hydrogens (tertiary/aromatic N) is 2. The molecular weight excluding hydrogens is 301 g/mol. The number of piperidine rings is 1. The van der Waals surface area contributed by atoms with Gasteiger partial charge in [-0.2, -0.15) is 0 Å². The van der Waals surface area contributed by atoms with Crippen LogP contribution in [0.25, 0.3) is 0 Å². The van der Waals surface area contributed by atoms with Gasteiger partial charge in [-0.25, -0.2) is 9.37 Å². The van der Waals surface area contributed by atoms with Gasteiger partial charge in [-0.3, -0.25) is 4.79 Å². The quantitative estimate of drug-likeness (QED) is 0.938. The maximum Gasteiger partial charge on any atom is 0.273 e. The number of halogens is 1. The fourth-order valence-electron chi connectivity index (χ4n) is 2.87. The number of hydrogen-bond donors (Lipinski definition) is 1. The molecule has 0 spiro atoms. The second kappa shape index (κ2) is 6.44. The predicted octanol–water partition coefficient (Wildman–Crippen LogP) is 3.69. The highest BCUT2D eigenvalue weighted by molar-refractivity contribution is 7.13. The number of anilines is 1. The van der Waals surface area contributed by atoms with Crippen molar-refractivity contribution in [3.63, 3.8) is 0 Å². The third-order valence-electron chi connectivity index (χ3n) is 3.93. The molecule has 1 N–H and O–H groups in total. The number of nitrogens with one attached hydrogen (secondary N) is 1. The summed E-state index contributed by atoms with van der Waals surface area (Å²) < 4.78 is 13.5. The Morgan fingerprint density at radius 3 is 3.05 bits per heavy atom. The average molecular weight is 319 g/mol. The minimum Gasteiger partial charge on any atom is -0.365 e. The molecule has 2 aromatic rings. The van der Waals surface area contributed by atoms with Crippen LogP contribution in [-0.2, 0) is 0 Å².